The molecule has 0 fully saturated rings. The molecule has 6 nitrogen and oxygen atoms in total. The minimum Gasteiger partial charge on any atom is -0.495 e. The van der Waals surface area contributed by atoms with Crippen molar-refractivity contribution >= 4 is 34.8 Å². The highest BCUT2D eigenvalue weighted by Crippen LogP contribution is 2.36. The van der Waals surface area contributed by atoms with Gasteiger partial charge < -0.3 is 19.7 Å². The Morgan fingerprint density at radius 2 is 1.85 bits per heavy atom. The number of halogens is 1. The zero-order valence-electron chi connectivity index (χ0n) is 14.5. The summed E-state index contributed by atoms with van der Waals surface area (Å²) in [4.78, 5) is 26.8. The minimum atomic E-state index is -0.746. The zero-order chi connectivity index (χ0) is 18.7. The summed E-state index contributed by atoms with van der Waals surface area (Å²) in [6.07, 6.45) is 1.71. The zero-order valence-corrected chi connectivity index (χ0v) is 15.3. The summed E-state index contributed by atoms with van der Waals surface area (Å²) in [6.45, 7) is 0.504. The SMILES string of the molecule is COc1cc(NC(=O)C(=O)N2CCCc3ccccc32)c(OC)cc1Cl. The number of amides is 2. The van der Waals surface area contributed by atoms with E-state index in [1.54, 1.807) is 0 Å². The third kappa shape index (κ3) is 3.46. The molecule has 0 spiro atoms. The minimum absolute atomic E-state index is 0.317. The molecule has 1 aliphatic heterocycles. The van der Waals surface area contributed by atoms with Gasteiger partial charge in [0.05, 0.1) is 24.9 Å². The van der Waals surface area contributed by atoms with Crippen LogP contribution in [0.15, 0.2) is 36.4 Å². The van der Waals surface area contributed by atoms with Crippen LogP contribution in [0, 0.1) is 0 Å². The van der Waals surface area contributed by atoms with Gasteiger partial charge in [-0.25, -0.2) is 0 Å². The quantitative estimate of drug-likeness (QED) is 0.837. The molecular formula is C19H19ClN2O4. The number of rotatable bonds is 3. The molecule has 2 aromatic rings. The van der Waals surface area contributed by atoms with Crippen molar-refractivity contribution in [3.8, 4) is 11.5 Å². The smallest absolute Gasteiger partial charge is 0.316 e. The van der Waals surface area contributed by atoms with Crippen LogP contribution in [0.3, 0.4) is 0 Å². The number of nitrogens with zero attached hydrogens (tertiary/aromatic N) is 1. The fraction of sp³-hybridized carbons (Fsp3) is 0.263. The Balaban J connectivity index is 1.84. The summed E-state index contributed by atoms with van der Waals surface area (Å²) < 4.78 is 10.4. The molecule has 1 N–H and O–H groups in total. The van der Waals surface area contributed by atoms with Crippen molar-refractivity contribution in [3.05, 3.63) is 47.0 Å². The van der Waals surface area contributed by atoms with E-state index in [1.807, 2.05) is 24.3 Å². The van der Waals surface area contributed by atoms with E-state index in [2.05, 4.69) is 5.32 Å². The Bertz CT molecular complexity index is 853. The average molecular weight is 375 g/mol. The van der Waals surface area contributed by atoms with Crippen LogP contribution in [0.4, 0.5) is 11.4 Å². The van der Waals surface area contributed by atoms with Gasteiger partial charge in [-0.15, -0.1) is 0 Å². The summed E-state index contributed by atoms with van der Waals surface area (Å²) in [5.74, 6) is -0.646. The van der Waals surface area contributed by atoms with Crippen molar-refractivity contribution < 1.29 is 19.1 Å². The summed E-state index contributed by atoms with van der Waals surface area (Å²) in [7, 11) is 2.92. The standard InChI is InChI=1S/C19H19ClN2O4/c1-25-16-11-14(17(26-2)10-13(16)20)21-18(23)19(24)22-9-5-7-12-6-3-4-8-15(12)22/h3-4,6,8,10-11H,5,7,9H2,1-2H3,(H,21,23). The number of hydrogen-bond donors (Lipinski definition) is 1. The highest BCUT2D eigenvalue weighted by atomic mass is 35.5. The molecule has 1 aliphatic rings. The largest absolute Gasteiger partial charge is 0.495 e. The van der Waals surface area contributed by atoms with Crippen LogP contribution in [-0.4, -0.2) is 32.6 Å². The first kappa shape index (κ1) is 18.1. The molecule has 0 atom stereocenters. The number of fused-ring (bicyclic) bond motifs is 1. The Hall–Kier alpha value is -2.73. The monoisotopic (exact) mass is 374 g/mol. The predicted octanol–water partition coefficient (Wildman–Crippen LogP) is 3.28. The fourth-order valence-electron chi connectivity index (χ4n) is 3.00. The molecule has 0 saturated heterocycles. The number of methoxy groups -OCH3 is 2. The average Bonchev–Trinajstić information content (AvgIpc) is 2.67. The summed E-state index contributed by atoms with van der Waals surface area (Å²) in [5.41, 5.74) is 2.16. The van der Waals surface area contributed by atoms with Crippen molar-refractivity contribution in [1.29, 1.82) is 0 Å². The van der Waals surface area contributed by atoms with E-state index in [4.69, 9.17) is 21.1 Å². The van der Waals surface area contributed by atoms with E-state index in [0.717, 1.165) is 24.1 Å². The number of carbonyl (C=O) groups excluding carboxylic acids is 2. The molecule has 0 aliphatic carbocycles. The van der Waals surface area contributed by atoms with Gasteiger partial charge in [0.25, 0.3) is 0 Å². The van der Waals surface area contributed by atoms with Gasteiger partial charge in [0.2, 0.25) is 0 Å². The molecule has 26 heavy (non-hydrogen) atoms. The second kappa shape index (κ2) is 7.66. The van der Waals surface area contributed by atoms with Crippen LogP contribution in [0.25, 0.3) is 0 Å². The van der Waals surface area contributed by atoms with Crippen molar-refractivity contribution in [2.45, 2.75) is 12.8 Å². The van der Waals surface area contributed by atoms with Crippen molar-refractivity contribution in [2.75, 3.05) is 31.0 Å². The van der Waals surface area contributed by atoms with Crippen molar-refractivity contribution in [2.24, 2.45) is 0 Å². The molecule has 0 saturated carbocycles. The van der Waals surface area contributed by atoms with Gasteiger partial charge in [-0.1, -0.05) is 29.8 Å². The van der Waals surface area contributed by atoms with E-state index in [1.165, 1.54) is 31.3 Å². The third-order valence-corrected chi connectivity index (χ3v) is 4.57. The molecule has 136 valence electrons. The van der Waals surface area contributed by atoms with Gasteiger partial charge >= 0.3 is 11.8 Å². The lowest BCUT2D eigenvalue weighted by Crippen LogP contribution is -2.42. The van der Waals surface area contributed by atoms with E-state index in [9.17, 15) is 9.59 Å². The van der Waals surface area contributed by atoms with Crippen molar-refractivity contribution in [1.82, 2.24) is 0 Å². The summed E-state index contributed by atoms with van der Waals surface area (Å²) in [5, 5.41) is 2.94. The first-order chi connectivity index (χ1) is 12.5. The fourth-order valence-corrected chi connectivity index (χ4v) is 3.23. The van der Waals surface area contributed by atoms with Gasteiger partial charge in [-0.05, 0) is 24.5 Å². The van der Waals surface area contributed by atoms with Gasteiger partial charge in [-0.3, -0.25) is 9.59 Å². The van der Waals surface area contributed by atoms with E-state index >= 15 is 0 Å². The molecular weight excluding hydrogens is 356 g/mol. The predicted molar refractivity (Wildman–Crippen MR) is 100 cm³/mol. The normalized spacial score (nSPS) is 13.0. The van der Waals surface area contributed by atoms with Crippen LogP contribution in [0.2, 0.25) is 5.02 Å². The second-order valence-corrected chi connectivity index (χ2v) is 6.24. The lowest BCUT2D eigenvalue weighted by Gasteiger charge is -2.28. The highest BCUT2D eigenvalue weighted by Gasteiger charge is 2.28. The third-order valence-electron chi connectivity index (χ3n) is 4.27. The molecule has 0 unspecified atom stereocenters. The number of anilines is 2. The van der Waals surface area contributed by atoms with Crippen LogP contribution >= 0.6 is 11.6 Å². The Labute approximate surface area is 156 Å². The van der Waals surface area contributed by atoms with Crippen LogP contribution < -0.4 is 19.7 Å². The molecule has 7 heteroatoms. The summed E-state index contributed by atoms with van der Waals surface area (Å²) in [6, 6.07) is 10.7. The van der Waals surface area contributed by atoms with Gasteiger partial charge in [0.15, 0.2) is 0 Å². The van der Waals surface area contributed by atoms with Crippen LogP contribution in [0.1, 0.15) is 12.0 Å². The van der Waals surface area contributed by atoms with E-state index < -0.39 is 11.8 Å². The number of aryl methyl sites for hydroxylation is 1. The molecule has 2 amide bonds. The maximum atomic E-state index is 12.7. The van der Waals surface area contributed by atoms with Gasteiger partial charge in [0.1, 0.15) is 11.5 Å². The lowest BCUT2D eigenvalue weighted by atomic mass is 10.0. The molecule has 0 aromatic heterocycles. The number of ether oxygens (including phenoxy) is 2. The van der Waals surface area contributed by atoms with Crippen LogP contribution in [-0.2, 0) is 16.0 Å². The number of para-hydroxylation sites is 1. The Kier molecular flexibility index (Phi) is 5.32. The molecule has 3 rings (SSSR count). The maximum absolute atomic E-state index is 12.7. The lowest BCUT2D eigenvalue weighted by molar-refractivity contribution is -0.134. The number of carbonyl (C=O) groups is 2. The highest BCUT2D eigenvalue weighted by molar-refractivity contribution is 6.44. The topological polar surface area (TPSA) is 67.9 Å². The number of hydrogen-bond acceptors (Lipinski definition) is 4. The van der Waals surface area contributed by atoms with E-state index in [-0.39, 0.29) is 0 Å². The number of benzene rings is 2. The van der Waals surface area contributed by atoms with E-state index in [0.29, 0.717) is 28.8 Å². The molecule has 0 bridgehead atoms. The van der Waals surface area contributed by atoms with Gasteiger partial charge in [0, 0.05) is 24.4 Å². The molecule has 1 heterocycles. The maximum Gasteiger partial charge on any atom is 0.316 e. The number of nitrogens with one attached hydrogen (secondary N) is 1. The Morgan fingerprint density at radius 3 is 2.58 bits per heavy atom. The molecule has 0 radical (unpaired) electrons. The Morgan fingerprint density at radius 1 is 1.12 bits per heavy atom. The summed E-state index contributed by atoms with van der Waals surface area (Å²) >= 11 is 6.06. The second-order valence-electron chi connectivity index (χ2n) is 5.83. The van der Waals surface area contributed by atoms with Crippen molar-refractivity contribution in [3.63, 3.8) is 0 Å². The molecule has 2 aromatic carbocycles. The van der Waals surface area contributed by atoms with Gasteiger partial charge in [-0.2, -0.15) is 0 Å². The van der Waals surface area contributed by atoms with Crippen LogP contribution in [0.5, 0.6) is 11.5 Å². The first-order valence-corrected chi connectivity index (χ1v) is 8.55. The first-order valence-electron chi connectivity index (χ1n) is 8.17.